The van der Waals surface area contributed by atoms with Crippen molar-refractivity contribution in [1.29, 1.82) is 0 Å². The smallest absolute Gasteiger partial charge is 0.374 e. The highest BCUT2D eigenvalue weighted by molar-refractivity contribution is 5.87. The first-order valence-corrected chi connectivity index (χ1v) is 7.36. The van der Waals surface area contributed by atoms with Crippen LogP contribution in [0.4, 0.5) is 0 Å². The number of hydrogen-bond donors (Lipinski definition) is 1. The Hall–Kier alpha value is -1.37. The molecule has 118 valence electrons. The van der Waals surface area contributed by atoms with Gasteiger partial charge in [0.1, 0.15) is 0 Å². The van der Waals surface area contributed by atoms with Gasteiger partial charge in [-0.3, -0.25) is 0 Å². The van der Waals surface area contributed by atoms with E-state index in [4.69, 9.17) is 13.9 Å². The Bertz CT molecular complexity index is 425. The summed E-state index contributed by atoms with van der Waals surface area (Å²) in [7, 11) is 1.34. The van der Waals surface area contributed by atoms with Crippen LogP contribution in [0.2, 0.25) is 0 Å². The van der Waals surface area contributed by atoms with Crippen LogP contribution in [0, 0.1) is 0 Å². The fourth-order valence-electron chi connectivity index (χ4n) is 2.26. The molecule has 0 saturated carbocycles. The molecule has 0 aliphatic carbocycles. The van der Waals surface area contributed by atoms with Gasteiger partial charge >= 0.3 is 5.97 Å². The Kier molecular flexibility index (Phi) is 6.72. The quantitative estimate of drug-likeness (QED) is 0.553. The van der Waals surface area contributed by atoms with E-state index in [0.717, 1.165) is 38.0 Å². The van der Waals surface area contributed by atoms with Gasteiger partial charge in [-0.25, -0.2) is 4.79 Å². The molecule has 1 N–H and O–H groups in total. The minimum atomic E-state index is -0.448. The van der Waals surface area contributed by atoms with Crippen molar-refractivity contribution in [3.63, 3.8) is 0 Å². The van der Waals surface area contributed by atoms with Crippen molar-refractivity contribution in [3.8, 4) is 0 Å². The molecule has 21 heavy (non-hydrogen) atoms. The van der Waals surface area contributed by atoms with E-state index in [1.807, 2.05) is 0 Å². The van der Waals surface area contributed by atoms with Crippen molar-refractivity contribution in [2.45, 2.75) is 31.9 Å². The van der Waals surface area contributed by atoms with E-state index < -0.39 is 5.97 Å². The summed E-state index contributed by atoms with van der Waals surface area (Å²) in [6.45, 7) is 3.66. The summed E-state index contributed by atoms with van der Waals surface area (Å²) in [6.07, 6.45) is 4.94. The highest BCUT2D eigenvalue weighted by Gasteiger charge is 2.16. The van der Waals surface area contributed by atoms with Gasteiger partial charge in [0, 0.05) is 25.3 Å². The van der Waals surface area contributed by atoms with Crippen molar-refractivity contribution in [2.75, 3.05) is 33.5 Å². The molecular weight excluding hydrogens is 274 g/mol. The second-order valence-corrected chi connectivity index (χ2v) is 5.01. The van der Waals surface area contributed by atoms with Gasteiger partial charge in [0.15, 0.2) is 0 Å². The largest absolute Gasteiger partial charge is 0.463 e. The molecule has 0 aromatic carbocycles. The molecule has 1 aromatic heterocycles. The van der Waals surface area contributed by atoms with Crippen LogP contribution in [0.5, 0.6) is 0 Å². The number of carbonyl (C=O) groups is 1. The number of furan rings is 1. The first-order valence-electron chi connectivity index (χ1n) is 7.36. The third-order valence-corrected chi connectivity index (χ3v) is 3.40. The first-order chi connectivity index (χ1) is 10.3. The summed E-state index contributed by atoms with van der Waals surface area (Å²) in [5.74, 6) is -0.184. The highest BCUT2D eigenvalue weighted by atomic mass is 16.5. The van der Waals surface area contributed by atoms with Crippen LogP contribution >= 0.6 is 0 Å². The average molecular weight is 297 g/mol. The van der Waals surface area contributed by atoms with Gasteiger partial charge < -0.3 is 23.9 Å². The number of methoxy groups -OCH3 is 1. The second-order valence-electron chi connectivity index (χ2n) is 5.01. The fraction of sp³-hybridized carbons (Fsp3) is 0.667. The average Bonchev–Trinajstić information content (AvgIpc) is 3.16. The molecule has 0 amide bonds. The fourth-order valence-corrected chi connectivity index (χ4v) is 2.26. The number of hydrogen-bond acceptors (Lipinski definition) is 6. The van der Waals surface area contributed by atoms with E-state index in [1.165, 1.54) is 13.4 Å². The van der Waals surface area contributed by atoms with Crippen LogP contribution < -0.4 is 5.32 Å². The van der Waals surface area contributed by atoms with Gasteiger partial charge in [-0.15, -0.1) is 0 Å². The van der Waals surface area contributed by atoms with E-state index in [9.17, 15) is 4.79 Å². The van der Waals surface area contributed by atoms with Crippen LogP contribution in [0.25, 0.3) is 0 Å². The zero-order chi connectivity index (χ0) is 14.9. The third kappa shape index (κ3) is 5.15. The zero-order valence-corrected chi connectivity index (χ0v) is 12.4. The maximum Gasteiger partial charge on any atom is 0.374 e. The van der Waals surface area contributed by atoms with Crippen molar-refractivity contribution in [1.82, 2.24) is 5.32 Å². The van der Waals surface area contributed by atoms with Gasteiger partial charge in [-0.2, -0.15) is 0 Å². The molecule has 1 saturated heterocycles. The number of nitrogens with one attached hydrogen (secondary N) is 1. The Morgan fingerprint density at radius 1 is 1.52 bits per heavy atom. The molecule has 0 radical (unpaired) electrons. The van der Waals surface area contributed by atoms with Gasteiger partial charge in [0.2, 0.25) is 5.76 Å². The molecule has 1 atom stereocenters. The van der Waals surface area contributed by atoms with E-state index >= 15 is 0 Å². The summed E-state index contributed by atoms with van der Waals surface area (Å²) in [6, 6.07) is 1.77. The summed E-state index contributed by atoms with van der Waals surface area (Å²) >= 11 is 0. The Balaban J connectivity index is 1.53. The standard InChI is InChI=1S/C15H23NO5/c1-18-15(17)14-12(5-9-21-14)10-16-6-3-7-19-11-13-4-2-8-20-13/h5,9,13,16H,2-4,6-8,10-11H2,1H3. The van der Waals surface area contributed by atoms with Gasteiger partial charge in [-0.05, 0) is 31.9 Å². The summed E-state index contributed by atoms with van der Waals surface area (Å²) < 4.78 is 20.8. The normalized spacial score (nSPS) is 18.0. The van der Waals surface area contributed by atoms with Crippen molar-refractivity contribution >= 4 is 5.97 Å². The van der Waals surface area contributed by atoms with E-state index in [1.54, 1.807) is 6.07 Å². The van der Waals surface area contributed by atoms with Gasteiger partial charge in [0.25, 0.3) is 0 Å². The van der Waals surface area contributed by atoms with Crippen molar-refractivity contribution < 1.29 is 23.4 Å². The highest BCUT2D eigenvalue weighted by Crippen LogP contribution is 2.12. The minimum absolute atomic E-state index is 0.264. The summed E-state index contributed by atoms with van der Waals surface area (Å²) in [4.78, 5) is 11.4. The van der Waals surface area contributed by atoms with Crippen LogP contribution in [-0.4, -0.2) is 45.5 Å². The number of carbonyl (C=O) groups excluding carboxylic acids is 1. The third-order valence-electron chi connectivity index (χ3n) is 3.40. The number of ether oxygens (including phenoxy) is 3. The molecule has 6 nitrogen and oxygen atoms in total. The molecule has 1 aliphatic rings. The van der Waals surface area contributed by atoms with Crippen molar-refractivity contribution in [2.24, 2.45) is 0 Å². The molecule has 0 bridgehead atoms. The number of rotatable bonds is 9. The molecule has 2 heterocycles. The lowest BCUT2D eigenvalue weighted by Gasteiger charge is -2.10. The van der Waals surface area contributed by atoms with Gasteiger partial charge in [0.05, 0.1) is 26.1 Å². The summed E-state index contributed by atoms with van der Waals surface area (Å²) in [5.41, 5.74) is 0.808. The van der Waals surface area contributed by atoms with E-state index in [0.29, 0.717) is 19.8 Å². The molecule has 0 spiro atoms. The van der Waals surface area contributed by atoms with Crippen LogP contribution in [-0.2, 0) is 20.8 Å². The maximum absolute atomic E-state index is 11.4. The minimum Gasteiger partial charge on any atom is -0.463 e. The SMILES string of the molecule is COC(=O)c1occc1CNCCCOCC1CCCO1. The molecular formula is C15H23NO5. The predicted molar refractivity (Wildman–Crippen MR) is 76.2 cm³/mol. The van der Waals surface area contributed by atoms with Crippen molar-refractivity contribution in [3.05, 3.63) is 23.7 Å². The van der Waals surface area contributed by atoms with Crippen LogP contribution in [0.1, 0.15) is 35.4 Å². The maximum atomic E-state index is 11.4. The monoisotopic (exact) mass is 297 g/mol. The molecule has 6 heteroatoms. The lowest BCUT2D eigenvalue weighted by atomic mass is 10.2. The predicted octanol–water partition coefficient (Wildman–Crippen LogP) is 1.74. The zero-order valence-electron chi connectivity index (χ0n) is 12.4. The van der Waals surface area contributed by atoms with E-state index in [-0.39, 0.29) is 11.9 Å². The molecule has 1 aromatic rings. The summed E-state index contributed by atoms with van der Waals surface area (Å²) in [5, 5.41) is 3.26. The Morgan fingerprint density at radius 2 is 2.43 bits per heavy atom. The second kappa shape index (κ2) is 8.81. The topological polar surface area (TPSA) is 69.9 Å². The Morgan fingerprint density at radius 3 is 3.19 bits per heavy atom. The Labute approximate surface area is 124 Å². The van der Waals surface area contributed by atoms with Crippen LogP contribution in [0.3, 0.4) is 0 Å². The van der Waals surface area contributed by atoms with Gasteiger partial charge in [-0.1, -0.05) is 0 Å². The molecule has 1 unspecified atom stereocenters. The molecule has 1 aliphatic heterocycles. The van der Waals surface area contributed by atoms with Crippen LogP contribution in [0.15, 0.2) is 16.7 Å². The lowest BCUT2D eigenvalue weighted by molar-refractivity contribution is 0.0166. The lowest BCUT2D eigenvalue weighted by Crippen LogP contribution is -2.19. The van der Waals surface area contributed by atoms with E-state index in [2.05, 4.69) is 10.1 Å². The molecule has 1 fully saturated rings. The first kappa shape index (κ1) is 16.0. The number of esters is 1. The molecule has 2 rings (SSSR count).